The van der Waals surface area contributed by atoms with Crippen LogP contribution in [0.2, 0.25) is 0 Å². The van der Waals surface area contributed by atoms with Crippen molar-refractivity contribution in [3.05, 3.63) is 59.7 Å². The zero-order valence-corrected chi connectivity index (χ0v) is 14.5. The first-order valence-electron chi connectivity index (χ1n) is 8.21. The number of hydrogen-bond donors (Lipinski definition) is 2. The van der Waals surface area contributed by atoms with E-state index in [4.69, 9.17) is 0 Å². The molecular formula is C19H22N4O2. The van der Waals surface area contributed by atoms with E-state index in [1.165, 1.54) is 18.4 Å². The Morgan fingerprint density at radius 3 is 2.68 bits per heavy atom. The highest BCUT2D eigenvalue weighted by molar-refractivity contribution is 5.97. The zero-order valence-electron chi connectivity index (χ0n) is 14.5. The Morgan fingerprint density at radius 1 is 1.20 bits per heavy atom. The molecule has 2 aromatic rings. The summed E-state index contributed by atoms with van der Waals surface area (Å²) < 4.78 is 4.58. The van der Waals surface area contributed by atoms with Crippen molar-refractivity contribution in [2.75, 3.05) is 30.9 Å². The van der Waals surface area contributed by atoms with Gasteiger partial charge in [-0.25, -0.2) is 4.79 Å². The second kappa shape index (κ2) is 7.70. The second-order valence-electron chi connectivity index (χ2n) is 5.74. The standard InChI is InChI=1S/C19H22N4O2/c1-20-18(23-12-11-15-5-3-4-6-17(15)23)21-13-14-7-9-16(10-8-14)22-19(24)25-2/h3-10H,11-13H2,1-2H3,(H,20,21)(H,22,24). The third-order valence-electron chi connectivity index (χ3n) is 4.19. The number of nitrogens with one attached hydrogen (secondary N) is 2. The third kappa shape index (κ3) is 3.91. The maximum Gasteiger partial charge on any atom is 0.411 e. The highest BCUT2D eigenvalue weighted by Gasteiger charge is 2.22. The number of aliphatic imine (C=N–C) groups is 1. The normalized spacial score (nSPS) is 13.4. The van der Waals surface area contributed by atoms with Gasteiger partial charge in [0.1, 0.15) is 0 Å². The molecule has 2 N–H and O–H groups in total. The molecule has 3 rings (SSSR count). The number of amides is 1. The molecular weight excluding hydrogens is 316 g/mol. The highest BCUT2D eigenvalue weighted by Crippen LogP contribution is 2.27. The lowest BCUT2D eigenvalue weighted by molar-refractivity contribution is 0.187. The van der Waals surface area contributed by atoms with E-state index >= 15 is 0 Å². The van der Waals surface area contributed by atoms with Crippen molar-refractivity contribution in [2.45, 2.75) is 13.0 Å². The van der Waals surface area contributed by atoms with E-state index in [9.17, 15) is 4.79 Å². The Hall–Kier alpha value is -3.02. The van der Waals surface area contributed by atoms with Crippen LogP contribution in [0.3, 0.4) is 0 Å². The summed E-state index contributed by atoms with van der Waals surface area (Å²) in [6.07, 6.45) is 0.559. The summed E-state index contributed by atoms with van der Waals surface area (Å²) in [5, 5.41) is 6.04. The van der Waals surface area contributed by atoms with Gasteiger partial charge in [-0.15, -0.1) is 0 Å². The average Bonchev–Trinajstić information content (AvgIpc) is 3.08. The molecule has 1 heterocycles. The lowest BCUT2D eigenvalue weighted by Crippen LogP contribution is -2.40. The number of carbonyl (C=O) groups excluding carboxylic acids is 1. The fraction of sp³-hybridized carbons (Fsp3) is 0.263. The molecule has 0 fully saturated rings. The monoisotopic (exact) mass is 338 g/mol. The fourth-order valence-electron chi connectivity index (χ4n) is 2.91. The van der Waals surface area contributed by atoms with E-state index in [-0.39, 0.29) is 0 Å². The molecule has 0 radical (unpaired) electrons. The van der Waals surface area contributed by atoms with Crippen LogP contribution in [0.4, 0.5) is 16.2 Å². The summed E-state index contributed by atoms with van der Waals surface area (Å²) >= 11 is 0. The molecule has 6 heteroatoms. The molecule has 1 aliphatic heterocycles. The van der Waals surface area contributed by atoms with Crippen molar-refractivity contribution in [2.24, 2.45) is 4.99 Å². The molecule has 0 atom stereocenters. The van der Waals surface area contributed by atoms with Crippen molar-refractivity contribution in [1.82, 2.24) is 5.32 Å². The molecule has 130 valence electrons. The van der Waals surface area contributed by atoms with E-state index in [1.807, 2.05) is 24.3 Å². The van der Waals surface area contributed by atoms with Crippen molar-refractivity contribution in [3.8, 4) is 0 Å². The highest BCUT2D eigenvalue weighted by atomic mass is 16.5. The molecule has 0 aliphatic carbocycles. The largest absolute Gasteiger partial charge is 0.453 e. The maximum atomic E-state index is 11.2. The lowest BCUT2D eigenvalue weighted by Gasteiger charge is -2.22. The molecule has 2 aromatic carbocycles. The number of hydrogen-bond acceptors (Lipinski definition) is 3. The number of para-hydroxylation sites is 1. The average molecular weight is 338 g/mol. The smallest absolute Gasteiger partial charge is 0.411 e. The number of rotatable bonds is 3. The first kappa shape index (κ1) is 16.8. The van der Waals surface area contributed by atoms with Crippen molar-refractivity contribution in [3.63, 3.8) is 0 Å². The summed E-state index contributed by atoms with van der Waals surface area (Å²) in [5.41, 5.74) is 4.37. The molecule has 0 saturated heterocycles. The minimum absolute atomic E-state index is 0.473. The number of carbonyl (C=O) groups is 1. The van der Waals surface area contributed by atoms with Gasteiger partial charge in [-0.1, -0.05) is 30.3 Å². The van der Waals surface area contributed by atoms with Crippen LogP contribution in [0.5, 0.6) is 0 Å². The van der Waals surface area contributed by atoms with Gasteiger partial charge in [0.25, 0.3) is 0 Å². The number of guanidine groups is 1. The van der Waals surface area contributed by atoms with Gasteiger partial charge in [0.15, 0.2) is 5.96 Å². The van der Waals surface area contributed by atoms with Gasteiger partial charge in [-0.05, 0) is 35.7 Å². The Kier molecular flexibility index (Phi) is 5.18. The van der Waals surface area contributed by atoms with Crippen LogP contribution in [0, 0.1) is 0 Å². The number of ether oxygens (including phenoxy) is 1. The van der Waals surface area contributed by atoms with Crippen LogP contribution in [0.25, 0.3) is 0 Å². The molecule has 1 aliphatic rings. The topological polar surface area (TPSA) is 66.0 Å². The Labute approximate surface area is 147 Å². The molecule has 0 saturated carbocycles. The summed E-state index contributed by atoms with van der Waals surface area (Å²) in [4.78, 5) is 17.8. The van der Waals surface area contributed by atoms with E-state index in [0.29, 0.717) is 12.2 Å². The number of methoxy groups -OCH3 is 1. The fourth-order valence-corrected chi connectivity index (χ4v) is 2.91. The molecule has 0 aromatic heterocycles. The van der Waals surface area contributed by atoms with Crippen LogP contribution in [0.15, 0.2) is 53.5 Å². The van der Waals surface area contributed by atoms with Gasteiger partial charge >= 0.3 is 6.09 Å². The van der Waals surface area contributed by atoms with Crippen molar-refractivity contribution >= 4 is 23.4 Å². The summed E-state index contributed by atoms with van der Waals surface area (Å²) in [6.45, 7) is 1.59. The van der Waals surface area contributed by atoms with Crippen molar-refractivity contribution < 1.29 is 9.53 Å². The van der Waals surface area contributed by atoms with Gasteiger partial charge < -0.3 is 15.0 Å². The molecule has 0 bridgehead atoms. The van der Waals surface area contributed by atoms with Gasteiger partial charge in [-0.3, -0.25) is 10.3 Å². The number of fused-ring (bicyclic) bond motifs is 1. The summed E-state index contributed by atoms with van der Waals surface area (Å²) in [7, 11) is 3.14. The van der Waals surface area contributed by atoms with Gasteiger partial charge in [0.05, 0.1) is 7.11 Å². The van der Waals surface area contributed by atoms with Gasteiger partial charge in [0, 0.05) is 31.5 Å². The Bertz CT molecular complexity index is 771. The quantitative estimate of drug-likeness (QED) is 0.667. The molecule has 0 unspecified atom stereocenters. The van der Waals surface area contributed by atoms with E-state index in [1.54, 1.807) is 7.05 Å². The van der Waals surface area contributed by atoms with Crippen molar-refractivity contribution in [1.29, 1.82) is 0 Å². The Balaban J connectivity index is 1.62. The van der Waals surface area contributed by atoms with Crippen LogP contribution in [0.1, 0.15) is 11.1 Å². The molecule has 0 spiro atoms. The predicted molar refractivity (Wildman–Crippen MR) is 100 cm³/mol. The van der Waals surface area contributed by atoms with Crippen LogP contribution >= 0.6 is 0 Å². The zero-order chi connectivity index (χ0) is 17.6. The molecule has 6 nitrogen and oxygen atoms in total. The summed E-state index contributed by atoms with van der Waals surface area (Å²) in [5.74, 6) is 0.863. The minimum atomic E-state index is -0.473. The first-order chi connectivity index (χ1) is 12.2. The second-order valence-corrected chi connectivity index (χ2v) is 5.74. The molecule has 1 amide bonds. The van der Waals surface area contributed by atoms with E-state index in [2.05, 4.69) is 49.5 Å². The molecule has 25 heavy (non-hydrogen) atoms. The van der Waals surface area contributed by atoms with Gasteiger partial charge in [0.2, 0.25) is 0 Å². The minimum Gasteiger partial charge on any atom is -0.453 e. The summed E-state index contributed by atoms with van der Waals surface area (Å²) in [6, 6.07) is 16.0. The van der Waals surface area contributed by atoms with Crippen LogP contribution < -0.4 is 15.5 Å². The van der Waals surface area contributed by atoms with E-state index in [0.717, 1.165) is 24.5 Å². The number of benzene rings is 2. The predicted octanol–water partition coefficient (Wildman–Crippen LogP) is 3.00. The third-order valence-corrected chi connectivity index (χ3v) is 4.19. The van der Waals surface area contributed by atoms with E-state index < -0.39 is 6.09 Å². The maximum absolute atomic E-state index is 11.2. The van der Waals surface area contributed by atoms with Crippen LogP contribution in [-0.4, -0.2) is 32.8 Å². The first-order valence-corrected chi connectivity index (χ1v) is 8.21. The Morgan fingerprint density at radius 2 is 1.96 bits per heavy atom. The SMILES string of the molecule is CN=C(NCc1ccc(NC(=O)OC)cc1)N1CCc2ccccc21. The number of nitrogens with zero attached hydrogens (tertiary/aromatic N) is 2. The lowest BCUT2D eigenvalue weighted by atomic mass is 10.2. The van der Waals surface area contributed by atoms with Crippen LogP contribution in [-0.2, 0) is 17.7 Å². The number of anilines is 2. The van der Waals surface area contributed by atoms with Gasteiger partial charge in [-0.2, -0.15) is 0 Å².